The summed E-state index contributed by atoms with van der Waals surface area (Å²) in [5.74, 6) is 0. The Hall–Kier alpha value is -0.770. The lowest BCUT2D eigenvalue weighted by molar-refractivity contribution is 0.117. The number of carbonyl (C=O) groups is 1. The molecule has 1 aliphatic heterocycles. The molecule has 1 aliphatic rings. The molecule has 0 radical (unpaired) electrons. The van der Waals surface area contributed by atoms with Crippen molar-refractivity contribution in [1.29, 1.82) is 0 Å². The zero-order chi connectivity index (χ0) is 11.4. The van der Waals surface area contributed by atoms with Crippen LogP contribution >= 0.6 is 0 Å². The zero-order valence-corrected chi connectivity index (χ0v) is 9.86. The summed E-state index contributed by atoms with van der Waals surface area (Å²) in [6.07, 6.45) is 2.87. The third-order valence-corrected chi connectivity index (χ3v) is 2.98. The summed E-state index contributed by atoms with van der Waals surface area (Å²) in [6, 6.07) is 0.570. The molecular formula is C11H22N2O2. The molecular weight excluding hydrogens is 192 g/mol. The summed E-state index contributed by atoms with van der Waals surface area (Å²) < 4.78 is 0. The first-order chi connectivity index (χ1) is 7.02. The number of aliphatic hydroxyl groups is 1. The van der Waals surface area contributed by atoms with Crippen LogP contribution in [0.4, 0.5) is 4.79 Å². The van der Waals surface area contributed by atoms with Gasteiger partial charge in [0.25, 0.3) is 0 Å². The van der Waals surface area contributed by atoms with E-state index in [0.29, 0.717) is 18.6 Å². The Morgan fingerprint density at radius 1 is 1.47 bits per heavy atom. The van der Waals surface area contributed by atoms with Crippen molar-refractivity contribution in [3.05, 3.63) is 0 Å². The lowest BCUT2D eigenvalue weighted by atomic mass is 9.98. The van der Waals surface area contributed by atoms with Gasteiger partial charge in [-0.05, 0) is 40.0 Å². The first-order valence-electron chi connectivity index (χ1n) is 5.76. The maximum atomic E-state index is 11.8. The predicted molar refractivity (Wildman–Crippen MR) is 59.7 cm³/mol. The molecule has 0 saturated carbocycles. The summed E-state index contributed by atoms with van der Waals surface area (Å²) in [4.78, 5) is 13.7. The lowest BCUT2D eigenvalue weighted by Crippen LogP contribution is -2.52. The molecule has 0 aromatic rings. The first-order valence-corrected chi connectivity index (χ1v) is 5.76. The smallest absolute Gasteiger partial charge is 0.317 e. The van der Waals surface area contributed by atoms with Gasteiger partial charge in [0.15, 0.2) is 0 Å². The van der Waals surface area contributed by atoms with Crippen molar-refractivity contribution in [3.8, 4) is 0 Å². The fraction of sp³-hybridized carbons (Fsp3) is 0.909. The van der Waals surface area contributed by atoms with E-state index < -0.39 is 6.10 Å². The normalized spacial score (nSPS) is 28.7. The van der Waals surface area contributed by atoms with Crippen LogP contribution in [0.5, 0.6) is 0 Å². The fourth-order valence-corrected chi connectivity index (χ4v) is 2.15. The van der Waals surface area contributed by atoms with Crippen LogP contribution in [0.1, 0.15) is 40.0 Å². The molecule has 4 heteroatoms. The summed E-state index contributed by atoms with van der Waals surface area (Å²) in [6.45, 7) is 6.16. The van der Waals surface area contributed by atoms with E-state index in [1.807, 2.05) is 4.90 Å². The maximum Gasteiger partial charge on any atom is 0.317 e. The molecule has 1 rings (SSSR count). The molecule has 1 saturated heterocycles. The second-order valence-corrected chi connectivity index (χ2v) is 4.57. The maximum absolute atomic E-state index is 11.8. The molecule has 1 heterocycles. The second-order valence-electron chi connectivity index (χ2n) is 4.57. The number of carbonyl (C=O) groups excluding carboxylic acids is 1. The van der Waals surface area contributed by atoms with Crippen LogP contribution in [0.15, 0.2) is 0 Å². The van der Waals surface area contributed by atoms with Gasteiger partial charge in [0.2, 0.25) is 0 Å². The minimum atomic E-state index is -0.482. The van der Waals surface area contributed by atoms with Gasteiger partial charge in [-0.25, -0.2) is 4.79 Å². The van der Waals surface area contributed by atoms with Gasteiger partial charge in [-0.2, -0.15) is 0 Å². The minimum Gasteiger partial charge on any atom is -0.392 e. The van der Waals surface area contributed by atoms with Gasteiger partial charge in [-0.1, -0.05) is 0 Å². The van der Waals surface area contributed by atoms with Crippen molar-refractivity contribution >= 4 is 6.03 Å². The number of amides is 2. The standard InChI is InChI=1S/C11H22N2O2/c1-8-5-4-6-9(2)13(8)11(15)12-7-10(3)14/h8-10,14H,4-7H2,1-3H3,(H,12,15). The molecule has 3 atom stereocenters. The number of hydrogen-bond donors (Lipinski definition) is 2. The van der Waals surface area contributed by atoms with Gasteiger partial charge in [0.1, 0.15) is 0 Å². The van der Waals surface area contributed by atoms with Crippen molar-refractivity contribution in [2.24, 2.45) is 0 Å². The molecule has 0 aromatic heterocycles. The number of likely N-dealkylation sites (tertiary alicyclic amines) is 1. The number of nitrogens with zero attached hydrogens (tertiary/aromatic N) is 1. The van der Waals surface area contributed by atoms with Gasteiger partial charge in [-0.3, -0.25) is 0 Å². The van der Waals surface area contributed by atoms with Gasteiger partial charge in [0, 0.05) is 18.6 Å². The third kappa shape index (κ3) is 3.38. The highest BCUT2D eigenvalue weighted by atomic mass is 16.3. The molecule has 0 aromatic carbocycles. The Morgan fingerprint density at radius 2 is 2.00 bits per heavy atom. The zero-order valence-electron chi connectivity index (χ0n) is 9.86. The predicted octanol–water partition coefficient (Wildman–Crippen LogP) is 1.34. The topological polar surface area (TPSA) is 52.6 Å². The molecule has 0 aliphatic carbocycles. The van der Waals surface area contributed by atoms with Gasteiger partial charge in [-0.15, -0.1) is 0 Å². The molecule has 88 valence electrons. The fourth-order valence-electron chi connectivity index (χ4n) is 2.15. The van der Waals surface area contributed by atoms with E-state index in [4.69, 9.17) is 5.11 Å². The van der Waals surface area contributed by atoms with Crippen molar-refractivity contribution in [2.75, 3.05) is 6.54 Å². The number of urea groups is 1. The van der Waals surface area contributed by atoms with E-state index in [1.54, 1.807) is 6.92 Å². The average molecular weight is 214 g/mol. The molecule has 15 heavy (non-hydrogen) atoms. The molecule has 0 spiro atoms. The van der Waals surface area contributed by atoms with Crippen molar-refractivity contribution in [1.82, 2.24) is 10.2 Å². The number of aliphatic hydroxyl groups excluding tert-OH is 1. The van der Waals surface area contributed by atoms with Crippen molar-refractivity contribution < 1.29 is 9.90 Å². The van der Waals surface area contributed by atoms with Crippen molar-refractivity contribution in [3.63, 3.8) is 0 Å². The van der Waals surface area contributed by atoms with Crippen molar-refractivity contribution in [2.45, 2.75) is 58.2 Å². The highest BCUT2D eigenvalue weighted by Gasteiger charge is 2.28. The van der Waals surface area contributed by atoms with Crippen LogP contribution in [0.3, 0.4) is 0 Å². The average Bonchev–Trinajstić information content (AvgIpc) is 2.14. The summed E-state index contributed by atoms with van der Waals surface area (Å²) in [5, 5.41) is 11.8. The number of hydrogen-bond acceptors (Lipinski definition) is 2. The van der Waals surface area contributed by atoms with Crippen LogP contribution in [0, 0.1) is 0 Å². The molecule has 4 nitrogen and oxygen atoms in total. The number of rotatable bonds is 2. The van der Waals surface area contributed by atoms with E-state index in [2.05, 4.69) is 19.2 Å². The monoisotopic (exact) mass is 214 g/mol. The molecule has 0 bridgehead atoms. The summed E-state index contributed by atoms with van der Waals surface area (Å²) >= 11 is 0. The van der Waals surface area contributed by atoms with E-state index in [1.165, 1.54) is 6.42 Å². The van der Waals surface area contributed by atoms with E-state index >= 15 is 0 Å². The quantitative estimate of drug-likeness (QED) is 0.729. The van der Waals surface area contributed by atoms with Gasteiger partial charge in [0.05, 0.1) is 6.10 Å². The highest BCUT2D eigenvalue weighted by Crippen LogP contribution is 2.22. The van der Waals surface area contributed by atoms with E-state index in [9.17, 15) is 4.79 Å². The first kappa shape index (κ1) is 12.3. The molecule has 2 amide bonds. The van der Waals surface area contributed by atoms with Crippen LogP contribution in [-0.4, -0.2) is 40.8 Å². The molecule has 1 fully saturated rings. The Kier molecular flexibility index (Phi) is 4.39. The van der Waals surface area contributed by atoms with Crippen LogP contribution in [0.2, 0.25) is 0 Å². The number of piperidine rings is 1. The van der Waals surface area contributed by atoms with Crippen LogP contribution in [0.25, 0.3) is 0 Å². The highest BCUT2D eigenvalue weighted by molar-refractivity contribution is 5.75. The SMILES string of the molecule is CC(O)CNC(=O)N1C(C)CCCC1C. The van der Waals surface area contributed by atoms with Crippen LogP contribution < -0.4 is 5.32 Å². The van der Waals surface area contributed by atoms with Gasteiger partial charge >= 0.3 is 6.03 Å². The second kappa shape index (κ2) is 5.35. The largest absolute Gasteiger partial charge is 0.392 e. The lowest BCUT2D eigenvalue weighted by Gasteiger charge is -2.39. The molecule has 3 unspecified atom stereocenters. The van der Waals surface area contributed by atoms with E-state index in [0.717, 1.165) is 12.8 Å². The Labute approximate surface area is 91.6 Å². The van der Waals surface area contributed by atoms with E-state index in [-0.39, 0.29) is 6.03 Å². The Balaban J connectivity index is 2.48. The summed E-state index contributed by atoms with van der Waals surface area (Å²) in [7, 11) is 0. The third-order valence-electron chi connectivity index (χ3n) is 2.98. The number of nitrogens with one attached hydrogen (secondary N) is 1. The molecule has 2 N–H and O–H groups in total. The van der Waals surface area contributed by atoms with Gasteiger partial charge < -0.3 is 15.3 Å². The Morgan fingerprint density at radius 3 is 2.47 bits per heavy atom. The van der Waals surface area contributed by atoms with Crippen LogP contribution in [-0.2, 0) is 0 Å². The minimum absolute atomic E-state index is 0.0457. The Bertz CT molecular complexity index is 209. The summed E-state index contributed by atoms with van der Waals surface area (Å²) in [5.41, 5.74) is 0.